The monoisotopic (exact) mass is 196 g/mol. The Hall–Kier alpha value is -1.66. The molecule has 0 fully saturated rings. The normalized spacial score (nSPS) is 9.57. The van der Waals surface area contributed by atoms with Gasteiger partial charge in [-0.25, -0.2) is 0 Å². The summed E-state index contributed by atoms with van der Waals surface area (Å²) in [5.74, 6) is 0. The van der Waals surface area contributed by atoms with Crippen molar-refractivity contribution in [3.05, 3.63) is 24.3 Å². The van der Waals surface area contributed by atoms with E-state index in [0.717, 1.165) is 4.85 Å². The minimum absolute atomic E-state index is 0.0972. The highest BCUT2D eigenvalue weighted by Crippen LogP contribution is 2.06. The summed E-state index contributed by atoms with van der Waals surface area (Å²) in [5, 5.41) is 23.8. The number of aliphatic hydroxyl groups is 1. The van der Waals surface area contributed by atoms with E-state index in [1.165, 1.54) is 0 Å². The molecule has 1 aromatic heterocycles. The third kappa shape index (κ3) is 2.41. The number of aliphatic hydroxyl groups excluding tert-OH is 1. The van der Waals surface area contributed by atoms with Crippen molar-refractivity contribution in [3.8, 4) is 0 Å². The number of benzene rings is 1. The first kappa shape index (κ1) is 10.4. The molecule has 2 aromatic rings. The van der Waals surface area contributed by atoms with Crippen LogP contribution in [0.25, 0.3) is 11.0 Å². The second-order valence-corrected chi connectivity index (χ2v) is 2.48. The van der Waals surface area contributed by atoms with Crippen LogP contribution in [0.4, 0.5) is 0 Å². The first-order valence-corrected chi connectivity index (χ1v) is 4.10. The van der Waals surface area contributed by atoms with Crippen LogP contribution in [-0.2, 0) is 0 Å². The SMILES string of the molecule is NCCO.On1nnc2ccccc21. The second kappa shape index (κ2) is 5.15. The Balaban J connectivity index is 0.000000213. The summed E-state index contributed by atoms with van der Waals surface area (Å²) in [7, 11) is 0. The van der Waals surface area contributed by atoms with Gasteiger partial charge in [0.2, 0.25) is 0 Å². The van der Waals surface area contributed by atoms with E-state index in [1.807, 2.05) is 12.1 Å². The third-order valence-corrected chi connectivity index (χ3v) is 1.46. The highest BCUT2D eigenvalue weighted by atomic mass is 16.5. The molecule has 1 heterocycles. The lowest BCUT2D eigenvalue weighted by Crippen LogP contribution is -2.02. The minimum Gasteiger partial charge on any atom is -0.410 e. The van der Waals surface area contributed by atoms with Crippen LogP contribution >= 0.6 is 0 Å². The molecule has 76 valence electrons. The number of fused-ring (bicyclic) bond motifs is 1. The maximum Gasteiger partial charge on any atom is 0.130 e. The van der Waals surface area contributed by atoms with Crippen molar-refractivity contribution < 1.29 is 10.3 Å². The topological polar surface area (TPSA) is 97.2 Å². The van der Waals surface area contributed by atoms with E-state index in [0.29, 0.717) is 17.6 Å². The minimum atomic E-state index is 0.0972. The summed E-state index contributed by atoms with van der Waals surface area (Å²) in [6, 6.07) is 7.19. The molecule has 0 aliphatic rings. The third-order valence-electron chi connectivity index (χ3n) is 1.46. The van der Waals surface area contributed by atoms with Gasteiger partial charge in [-0.1, -0.05) is 17.0 Å². The van der Waals surface area contributed by atoms with E-state index in [9.17, 15) is 0 Å². The maximum atomic E-state index is 8.95. The van der Waals surface area contributed by atoms with Crippen molar-refractivity contribution in [1.29, 1.82) is 0 Å². The van der Waals surface area contributed by atoms with Gasteiger partial charge < -0.3 is 16.0 Å². The highest BCUT2D eigenvalue weighted by molar-refractivity contribution is 5.73. The fourth-order valence-electron chi connectivity index (χ4n) is 0.857. The molecule has 0 aliphatic carbocycles. The molecule has 0 saturated carbocycles. The summed E-state index contributed by atoms with van der Waals surface area (Å²) in [6.07, 6.45) is 0. The molecule has 0 unspecified atom stereocenters. The van der Waals surface area contributed by atoms with E-state index < -0.39 is 0 Å². The maximum absolute atomic E-state index is 8.95. The lowest BCUT2D eigenvalue weighted by molar-refractivity contribution is 0.155. The molecule has 0 aliphatic heterocycles. The van der Waals surface area contributed by atoms with Crippen molar-refractivity contribution in [1.82, 2.24) is 15.2 Å². The molecule has 6 nitrogen and oxygen atoms in total. The van der Waals surface area contributed by atoms with Gasteiger partial charge in [-0.3, -0.25) is 0 Å². The van der Waals surface area contributed by atoms with Gasteiger partial charge in [0.05, 0.1) is 6.61 Å². The average Bonchev–Trinajstić information content (AvgIpc) is 2.62. The van der Waals surface area contributed by atoms with Crippen molar-refractivity contribution in [2.75, 3.05) is 13.2 Å². The number of hydrogen-bond donors (Lipinski definition) is 3. The molecule has 0 saturated heterocycles. The molecule has 4 N–H and O–H groups in total. The van der Waals surface area contributed by atoms with Crippen molar-refractivity contribution >= 4 is 11.0 Å². The van der Waals surface area contributed by atoms with Crippen molar-refractivity contribution in [2.45, 2.75) is 0 Å². The fourth-order valence-corrected chi connectivity index (χ4v) is 0.857. The molecule has 0 amide bonds. The van der Waals surface area contributed by atoms with Crippen LogP contribution in [0, 0.1) is 0 Å². The molecule has 6 heteroatoms. The number of nitrogens with two attached hydrogens (primary N) is 1. The van der Waals surface area contributed by atoms with E-state index in [4.69, 9.17) is 16.0 Å². The van der Waals surface area contributed by atoms with Gasteiger partial charge >= 0.3 is 0 Å². The summed E-state index contributed by atoms with van der Waals surface area (Å²) in [4.78, 5) is 0.759. The number of para-hydroxylation sites is 1. The number of hydrogen-bond acceptors (Lipinski definition) is 5. The Labute approximate surface area is 80.5 Å². The lowest BCUT2D eigenvalue weighted by atomic mass is 10.3. The van der Waals surface area contributed by atoms with Gasteiger partial charge in [0.1, 0.15) is 11.0 Å². The number of rotatable bonds is 1. The van der Waals surface area contributed by atoms with E-state index in [1.54, 1.807) is 12.1 Å². The van der Waals surface area contributed by atoms with Gasteiger partial charge in [0.25, 0.3) is 0 Å². The van der Waals surface area contributed by atoms with Gasteiger partial charge in [-0.15, -0.1) is 5.10 Å². The smallest absolute Gasteiger partial charge is 0.130 e. The van der Waals surface area contributed by atoms with Crippen LogP contribution in [-0.4, -0.2) is 38.6 Å². The number of nitrogens with zero attached hydrogens (tertiary/aromatic N) is 3. The Morgan fingerprint density at radius 3 is 2.57 bits per heavy atom. The molecule has 0 spiro atoms. The lowest BCUT2D eigenvalue weighted by Gasteiger charge is -1.85. The molecule has 0 atom stereocenters. The van der Waals surface area contributed by atoms with Gasteiger partial charge in [0, 0.05) is 6.54 Å². The molecule has 0 radical (unpaired) electrons. The van der Waals surface area contributed by atoms with Crippen LogP contribution in [0.15, 0.2) is 24.3 Å². The first-order chi connectivity index (χ1) is 6.79. The van der Waals surface area contributed by atoms with Crippen LogP contribution in [0.1, 0.15) is 0 Å². The average molecular weight is 196 g/mol. The summed E-state index contributed by atoms with van der Waals surface area (Å²) in [5.41, 5.74) is 6.10. The van der Waals surface area contributed by atoms with Crippen LogP contribution in [0.2, 0.25) is 0 Å². The molecule has 1 aromatic carbocycles. The zero-order chi connectivity index (χ0) is 10.4. The van der Waals surface area contributed by atoms with Crippen LogP contribution < -0.4 is 5.73 Å². The van der Waals surface area contributed by atoms with Crippen molar-refractivity contribution in [3.63, 3.8) is 0 Å². The largest absolute Gasteiger partial charge is 0.410 e. The van der Waals surface area contributed by atoms with E-state index in [2.05, 4.69) is 10.3 Å². The Morgan fingerprint density at radius 2 is 2.00 bits per heavy atom. The summed E-state index contributed by atoms with van der Waals surface area (Å²) < 4.78 is 0. The number of aromatic nitrogens is 3. The fraction of sp³-hybridized carbons (Fsp3) is 0.250. The highest BCUT2D eigenvalue weighted by Gasteiger charge is 1.98. The molecule has 2 rings (SSSR count). The summed E-state index contributed by atoms with van der Waals surface area (Å²) in [6.45, 7) is 0.472. The van der Waals surface area contributed by atoms with Gasteiger partial charge in [-0.2, -0.15) is 0 Å². The molecule has 0 bridgehead atoms. The Bertz CT molecular complexity index is 385. The predicted molar refractivity (Wildman–Crippen MR) is 50.9 cm³/mol. The molecular formula is C8H12N4O2. The Morgan fingerprint density at radius 1 is 1.36 bits per heavy atom. The zero-order valence-electron chi connectivity index (χ0n) is 7.54. The van der Waals surface area contributed by atoms with Crippen LogP contribution in [0.3, 0.4) is 0 Å². The second-order valence-electron chi connectivity index (χ2n) is 2.48. The quantitative estimate of drug-likeness (QED) is 0.539. The first-order valence-electron chi connectivity index (χ1n) is 4.10. The van der Waals surface area contributed by atoms with E-state index in [-0.39, 0.29) is 6.61 Å². The van der Waals surface area contributed by atoms with Gasteiger partial charge in [0.15, 0.2) is 0 Å². The molecule has 14 heavy (non-hydrogen) atoms. The standard InChI is InChI=1S/C6H5N3O.C2H7NO/c10-9-6-4-2-1-3-5(6)7-8-9;3-1-2-4/h1-4,10H;4H,1-3H2. The predicted octanol–water partition coefficient (Wildman–Crippen LogP) is -0.394. The summed E-state index contributed by atoms with van der Waals surface area (Å²) >= 11 is 0. The molecular weight excluding hydrogens is 184 g/mol. The zero-order valence-corrected chi connectivity index (χ0v) is 7.54. The van der Waals surface area contributed by atoms with Gasteiger partial charge in [-0.05, 0) is 17.3 Å². The van der Waals surface area contributed by atoms with Crippen molar-refractivity contribution in [2.24, 2.45) is 5.73 Å². The van der Waals surface area contributed by atoms with Crippen LogP contribution in [0.5, 0.6) is 0 Å². The van der Waals surface area contributed by atoms with E-state index >= 15 is 0 Å². The Kier molecular flexibility index (Phi) is 3.84.